The van der Waals surface area contributed by atoms with Gasteiger partial charge in [0.15, 0.2) is 12.4 Å². The van der Waals surface area contributed by atoms with Crippen molar-refractivity contribution in [2.75, 3.05) is 11.9 Å². The van der Waals surface area contributed by atoms with Crippen LogP contribution in [-0.2, 0) is 9.53 Å². The third-order valence-electron chi connectivity index (χ3n) is 3.64. The van der Waals surface area contributed by atoms with Gasteiger partial charge in [-0.05, 0) is 25.1 Å². The van der Waals surface area contributed by atoms with Gasteiger partial charge in [-0.1, -0.05) is 41.9 Å². The minimum atomic E-state index is -0.661. The van der Waals surface area contributed by atoms with E-state index in [-0.39, 0.29) is 10.7 Å². The number of hydrogen-bond donors (Lipinski definition) is 1. The highest BCUT2D eigenvalue weighted by atomic mass is 35.5. The Morgan fingerprint density at radius 1 is 1.08 bits per heavy atom. The van der Waals surface area contributed by atoms with Gasteiger partial charge in [0.2, 0.25) is 0 Å². The number of fused-ring (bicyclic) bond motifs is 1. The number of thiophene rings is 1. The van der Waals surface area contributed by atoms with E-state index >= 15 is 0 Å². The van der Waals surface area contributed by atoms with Crippen LogP contribution in [0.25, 0.3) is 10.1 Å². The number of anilines is 1. The standard InChI is InChI=1S/C19H14ClNO4S/c1-11(22)12-6-2-4-8-14(12)21-16(23)10-25-19(24)18-17(20)13-7-3-5-9-15(13)26-18/h2-9H,10H2,1H3,(H,21,23). The maximum Gasteiger partial charge on any atom is 0.350 e. The van der Waals surface area contributed by atoms with Crippen molar-refractivity contribution in [1.82, 2.24) is 0 Å². The molecule has 0 aliphatic rings. The molecule has 0 saturated carbocycles. The number of ketones is 1. The molecule has 0 aliphatic heterocycles. The highest BCUT2D eigenvalue weighted by molar-refractivity contribution is 7.21. The Morgan fingerprint density at radius 2 is 1.77 bits per heavy atom. The second-order valence-corrected chi connectivity index (χ2v) is 6.90. The van der Waals surface area contributed by atoms with Gasteiger partial charge in [-0.3, -0.25) is 9.59 Å². The van der Waals surface area contributed by atoms with Gasteiger partial charge in [-0.2, -0.15) is 0 Å². The van der Waals surface area contributed by atoms with Crippen molar-refractivity contribution in [1.29, 1.82) is 0 Å². The highest BCUT2D eigenvalue weighted by Gasteiger charge is 2.19. The Morgan fingerprint density at radius 3 is 2.50 bits per heavy atom. The lowest BCUT2D eigenvalue weighted by Gasteiger charge is -2.09. The number of halogens is 1. The molecule has 1 heterocycles. The van der Waals surface area contributed by atoms with E-state index in [9.17, 15) is 14.4 Å². The van der Waals surface area contributed by atoms with E-state index in [0.717, 1.165) is 10.1 Å². The normalized spacial score (nSPS) is 10.5. The highest BCUT2D eigenvalue weighted by Crippen LogP contribution is 2.35. The number of esters is 1. The van der Waals surface area contributed by atoms with Crippen LogP contribution < -0.4 is 5.32 Å². The molecule has 0 fully saturated rings. The average molecular weight is 388 g/mol. The summed E-state index contributed by atoms with van der Waals surface area (Å²) in [6, 6.07) is 14.0. The van der Waals surface area contributed by atoms with Crippen LogP contribution in [0.2, 0.25) is 5.02 Å². The second kappa shape index (κ2) is 7.68. The van der Waals surface area contributed by atoms with Gasteiger partial charge in [-0.15, -0.1) is 11.3 Å². The summed E-state index contributed by atoms with van der Waals surface area (Å²) < 4.78 is 5.93. The minimum Gasteiger partial charge on any atom is -0.451 e. The van der Waals surface area contributed by atoms with Crippen LogP contribution >= 0.6 is 22.9 Å². The second-order valence-electron chi connectivity index (χ2n) is 5.47. The molecule has 1 amide bonds. The number of carbonyl (C=O) groups is 3. The summed E-state index contributed by atoms with van der Waals surface area (Å²) in [6.07, 6.45) is 0. The molecule has 1 N–H and O–H groups in total. The zero-order valence-corrected chi connectivity index (χ0v) is 15.3. The molecule has 0 saturated heterocycles. The summed E-state index contributed by atoms with van der Waals surface area (Å²) in [6.45, 7) is 0.935. The molecular formula is C19H14ClNO4S. The molecule has 0 atom stereocenters. The van der Waals surface area contributed by atoms with E-state index in [4.69, 9.17) is 16.3 Å². The first kappa shape index (κ1) is 18.1. The zero-order chi connectivity index (χ0) is 18.7. The number of hydrogen-bond acceptors (Lipinski definition) is 5. The van der Waals surface area contributed by atoms with Gasteiger partial charge >= 0.3 is 5.97 Å². The monoisotopic (exact) mass is 387 g/mol. The van der Waals surface area contributed by atoms with Gasteiger partial charge in [0.1, 0.15) is 4.88 Å². The Hall–Kier alpha value is -2.70. The summed E-state index contributed by atoms with van der Waals surface area (Å²) >= 11 is 7.44. The first-order valence-corrected chi connectivity index (χ1v) is 8.91. The van der Waals surface area contributed by atoms with Crippen LogP contribution in [-0.4, -0.2) is 24.3 Å². The summed E-state index contributed by atoms with van der Waals surface area (Å²) in [5, 5.41) is 3.66. The minimum absolute atomic E-state index is 0.171. The van der Waals surface area contributed by atoms with Crippen LogP contribution in [0.4, 0.5) is 5.69 Å². The molecule has 5 nitrogen and oxygen atoms in total. The summed E-state index contributed by atoms with van der Waals surface area (Å²) in [7, 11) is 0. The van der Waals surface area contributed by atoms with Crippen molar-refractivity contribution in [3.8, 4) is 0 Å². The van der Waals surface area contributed by atoms with E-state index in [0.29, 0.717) is 16.3 Å². The van der Waals surface area contributed by atoms with Gasteiger partial charge in [0, 0.05) is 15.6 Å². The largest absolute Gasteiger partial charge is 0.451 e. The SMILES string of the molecule is CC(=O)c1ccccc1NC(=O)COC(=O)c1sc2ccccc2c1Cl. The van der Waals surface area contributed by atoms with Crippen molar-refractivity contribution < 1.29 is 19.1 Å². The molecule has 1 aromatic heterocycles. The number of para-hydroxylation sites is 1. The van der Waals surface area contributed by atoms with Crippen molar-refractivity contribution in [2.24, 2.45) is 0 Å². The van der Waals surface area contributed by atoms with E-state index < -0.39 is 18.5 Å². The molecular weight excluding hydrogens is 374 g/mol. The molecule has 0 unspecified atom stereocenters. The average Bonchev–Trinajstić information content (AvgIpc) is 2.97. The van der Waals surface area contributed by atoms with Gasteiger partial charge in [0.25, 0.3) is 5.91 Å². The smallest absolute Gasteiger partial charge is 0.350 e. The summed E-state index contributed by atoms with van der Waals surface area (Å²) in [4.78, 5) is 36.1. The number of amides is 1. The first-order chi connectivity index (χ1) is 12.5. The maximum absolute atomic E-state index is 12.2. The lowest BCUT2D eigenvalue weighted by Crippen LogP contribution is -2.21. The number of Topliss-reactive ketones (excluding diaryl/α,β-unsaturated/α-hetero) is 1. The Bertz CT molecular complexity index is 1010. The number of benzene rings is 2. The maximum atomic E-state index is 12.2. The predicted molar refractivity (Wildman–Crippen MR) is 102 cm³/mol. The fourth-order valence-corrected chi connectivity index (χ4v) is 3.83. The summed E-state index contributed by atoms with van der Waals surface area (Å²) in [5.41, 5.74) is 0.765. The van der Waals surface area contributed by atoms with E-state index in [1.807, 2.05) is 24.3 Å². The fourth-order valence-electron chi connectivity index (χ4n) is 2.43. The lowest BCUT2D eigenvalue weighted by molar-refractivity contribution is -0.119. The molecule has 0 radical (unpaired) electrons. The topological polar surface area (TPSA) is 72.5 Å². The molecule has 0 aliphatic carbocycles. The van der Waals surface area contributed by atoms with E-state index in [1.54, 1.807) is 24.3 Å². The molecule has 2 aromatic carbocycles. The Kier molecular flexibility index (Phi) is 5.35. The van der Waals surface area contributed by atoms with Crippen LogP contribution in [0, 0.1) is 0 Å². The van der Waals surface area contributed by atoms with Gasteiger partial charge in [0.05, 0.1) is 10.7 Å². The van der Waals surface area contributed by atoms with Crippen molar-refractivity contribution >= 4 is 56.4 Å². The zero-order valence-electron chi connectivity index (χ0n) is 13.7. The molecule has 132 valence electrons. The molecule has 7 heteroatoms. The molecule has 3 aromatic rings. The van der Waals surface area contributed by atoms with Crippen LogP contribution in [0.5, 0.6) is 0 Å². The quantitative estimate of drug-likeness (QED) is 0.514. The van der Waals surface area contributed by atoms with Gasteiger partial charge in [-0.25, -0.2) is 4.79 Å². The van der Waals surface area contributed by atoms with Crippen molar-refractivity contribution in [2.45, 2.75) is 6.92 Å². The number of ether oxygens (including phenoxy) is 1. The molecule has 0 bridgehead atoms. The van der Waals surface area contributed by atoms with Gasteiger partial charge < -0.3 is 10.1 Å². The first-order valence-electron chi connectivity index (χ1n) is 7.71. The Balaban J connectivity index is 1.67. The van der Waals surface area contributed by atoms with Crippen LogP contribution in [0.15, 0.2) is 48.5 Å². The molecule has 26 heavy (non-hydrogen) atoms. The summed E-state index contributed by atoms with van der Waals surface area (Å²) in [5.74, 6) is -1.37. The van der Waals surface area contributed by atoms with E-state index in [2.05, 4.69) is 5.32 Å². The number of rotatable bonds is 5. The van der Waals surface area contributed by atoms with Crippen LogP contribution in [0.1, 0.15) is 27.0 Å². The van der Waals surface area contributed by atoms with Crippen molar-refractivity contribution in [3.63, 3.8) is 0 Å². The van der Waals surface area contributed by atoms with Crippen molar-refractivity contribution in [3.05, 3.63) is 64.0 Å². The third kappa shape index (κ3) is 3.76. The lowest BCUT2D eigenvalue weighted by atomic mass is 10.1. The predicted octanol–water partition coefficient (Wildman–Crippen LogP) is 4.55. The molecule has 3 rings (SSSR count). The third-order valence-corrected chi connectivity index (χ3v) is 5.29. The Labute approximate surface area is 158 Å². The molecule has 0 spiro atoms. The fraction of sp³-hybridized carbons (Fsp3) is 0.105. The van der Waals surface area contributed by atoms with Crippen LogP contribution in [0.3, 0.4) is 0 Å². The number of nitrogens with one attached hydrogen (secondary N) is 1. The number of carbonyl (C=O) groups excluding carboxylic acids is 3. The van der Waals surface area contributed by atoms with E-state index in [1.165, 1.54) is 18.3 Å².